The van der Waals surface area contributed by atoms with Crippen molar-refractivity contribution >= 4 is 40.5 Å². The molecule has 2 N–H and O–H groups in total. The lowest BCUT2D eigenvalue weighted by Gasteiger charge is -2.13. The monoisotopic (exact) mass is 373 g/mol. The second-order valence-corrected chi connectivity index (χ2v) is 5.70. The topological polar surface area (TPSA) is 38.1 Å². The number of para-hydroxylation sites is 1. The molecule has 0 aromatic heterocycles. The predicted octanol–water partition coefficient (Wildman–Crippen LogP) is 0.250. The van der Waals surface area contributed by atoms with Crippen LogP contribution in [0.5, 0.6) is 5.75 Å². The van der Waals surface area contributed by atoms with E-state index in [1.165, 1.54) is 0 Å². The van der Waals surface area contributed by atoms with Crippen molar-refractivity contribution < 1.29 is 22.0 Å². The fraction of sp³-hybridized carbons (Fsp3) is 0.188. The van der Waals surface area contributed by atoms with E-state index in [1.807, 2.05) is 38.4 Å². The van der Waals surface area contributed by atoms with Gasteiger partial charge in [-0.15, -0.1) is 0 Å². The number of aliphatic imine (C=N–C) groups is 1. The lowest BCUT2D eigenvalue weighted by molar-refractivity contribution is -0.757. The number of methoxy groups -OCH3 is 1. The molecule has 0 radical (unpaired) electrons. The number of hydrogen-bond donors (Lipinski definition) is 2. The first-order chi connectivity index (χ1) is 10.5. The quantitative estimate of drug-likeness (QED) is 0.597. The van der Waals surface area contributed by atoms with Gasteiger partial charge >= 0.3 is 5.96 Å². The van der Waals surface area contributed by atoms with Crippen LogP contribution in [0.25, 0.3) is 0 Å². The van der Waals surface area contributed by atoms with Crippen LogP contribution >= 0.6 is 23.2 Å². The van der Waals surface area contributed by atoms with Crippen LogP contribution in [-0.4, -0.2) is 27.2 Å². The Morgan fingerprint density at radius 2 is 1.61 bits per heavy atom. The van der Waals surface area contributed by atoms with E-state index in [2.05, 4.69) is 10.3 Å². The van der Waals surface area contributed by atoms with E-state index < -0.39 is 0 Å². The highest BCUT2D eigenvalue weighted by Crippen LogP contribution is 2.32. The summed E-state index contributed by atoms with van der Waals surface area (Å²) in [6, 6.07) is 12.9. The first-order valence-corrected chi connectivity index (χ1v) is 7.51. The molecule has 0 bridgehead atoms. The highest BCUT2D eigenvalue weighted by molar-refractivity contribution is 6.38. The zero-order valence-electron chi connectivity index (χ0n) is 13.0. The zero-order chi connectivity index (χ0) is 16.1. The number of nitrogens with zero attached hydrogens (tertiary/aromatic N) is 1. The van der Waals surface area contributed by atoms with Crippen molar-refractivity contribution in [3.63, 3.8) is 0 Å². The summed E-state index contributed by atoms with van der Waals surface area (Å²) in [7, 11) is 5.58. The van der Waals surface area contributed by atoms with E-state index in [9.17, 15) is 0 Å². The zero-order valence-corrected chi connectivity index (χ0v) is 15.3. The molecule has 0 atom stereocenters. The highest BCUT2D eigenvalue weighted by Gasteiger charge is 2.12. The Balaban J connectivity index is 0.00000264. The van der Waals surface area contributed by atoms with Crippen LogP contribution in [0.15, 0.2) is 47.5 Å². The Labute approximate surface area is 152 Å². The molecule has 2 rings (SSSR count). The summed E-state index contributed by atoms with van der Waals surface area (Å²) in [4.78, 5) is 5.59. The smallest absolute Gasteiger partial charge is 0.305 e. The van der Waals surface area contributed by atoms with Gasteiger partial charge in [-0.25, -0.2) is 0 Å². The van der Waals surface area contributed by atoms with Gasteiger partial charge in [-0.05, 0) is 36.4 Å². The summed E-state index contributed by atoms with van der Waals surface area (Å²) in [5, 5.41) is 4.31. The molecule has 0 aliphatic carbocycles. The van der Waals surface area contributed by atoms with Gasteiger partial charge in [0.2, 0.25) is 0 Å². The number of hydrogen-bond acceptors (Lipinski definition) is 2. The molecule has 0 saturated heterocycles. The summed E-state index contributed by atoms with van der Waals surface area (Å²) in [5.74, 6) is 1.51. The molecule has 0 saturated carbocycles. The number of nitrogens with one attached hydrogen (secondary N) is 2. The van der Waals surface area contributed by atoms with E-state index in [0.717, 1.165) is 16.3 Å². The first kappa shape index (κ1) is 19.6. The normalized spacial score (nSPS) is 11.1. The predicted molar refractivity (Wildman–Crippen MR) is 93.0 cm³/mol. The van der Waals surface area contributed by atoms with Gasteiger partial charge < -0.3 is 17.1 Å². The SMILES string of the molecule is COc1ccc(NC(=Nc2c(Cl)cccc2Cl)[NH+](C)C)cc1.[Cl-]. The highest BCUT2D eigenvalue weighted by atomic mass is 35.5. The van der Waals surface area contributed by atoms with Gasteiger partial charge in [0.1, 0.15) is 11.4 Å². The van der Waals surface area contributed by atoms with Crippen molar-refractivity contribution in [1.82, 2.24) is 0 Å². The van der Waals surface area contributed by atoms with Crippen molar-refractivity contribution in [2.24, 2.45) is 4.99 Å². The Morgan fingerprint density at radius 1 is 1.04 bits per heavy atom. The molecule has 0 aliphatic rings. The van der Waals surface area contributed by atoms with Crippen molar-refractivity contribution in [3.05, 3.63) is 52.5 Å². The Morgan fingerprint density at radius 3 is 2.09 bits per heavy atom. The molecular weight excluding hydrogens is 357 g/mol. The number of benzene rings is 2. The molecule has 23 heavy (non-hydrogen) atoms. The van der Waals surface area contributed by atoms with Gasteiger partial charge in [0.05, 0.1) is 31.3 Å². The summed E-state index contributed by atoms with van der Waals surface area (Å²) < 4.78 is 5.15. The fourth-order valence-electron chi connectivity index (χ4n) is 1.78. The molecule has 0 fully saturated rings. The molecule has 0 aliphatic heterocycles. The third-order valence-electron chi connectivity index (χ3n) is 2.99. The molecule has 7 heteroatoms. The number of guanidine groups is 1. The van der Waals surface area contributed by atoms with Crippen LogP contribution in [0.4, 0.5) is 11.4 Å². The van der Waals surface area contributed by atoms with Gasteiger partial charge in [-0.3, -0.25) is 10.2 Å². The maximum atomic E-state index is 6.18. The summed E-state index contributed by atoms with van der Waals surface area (Å²) in [6.07, 6.45) is 0. The summed E-state index contributed by atoms with van der Waals surface area (Å²) in [5.41, 5.74) is 1.46. The minimum absolute atomic E-state index is 0. The van der Waals surface area contributed by atoms with E-state index >= 15 is 0 Å². The van der Waals surface area contributed by atoms with E-state index in [4.69, 9.17) is 27.9 Å². The van der Waals surface area contributed by atoms with Crippen LogP contribution in [0.3, 0.4) is 0 Å². The van der Waals surface area contributed by atoms with Crippen LogP contribution in [-0.2, 0) is 0 Å². The van der Waals surface area contributed by atoms with Crippen LogP contribution < -0.4 is 27.4 Å². The van der Waals surface area contributed by atoms with E-state index in [-0.39, 0.29) is 12.4 Å². The second kappa shape index (κ2) is 8.99. The van der Waals surface area contributed by atoms with E-state index in [1.54, 1.807) is 25.3 Å². The van der Waals surface area contributed by atoms with Crippen LogP contribution in [0, 0.1) is 0 Å². The largest absolute Gasteiger partial charge is 1.00 e. The summed E-state index contributed by atoms with van der Waals surface area (Å²) in [6.45, 7) is 0. The number of ether oxygens (including phenoxy) is 1. The molecule has 0 spiro atoms. The van der Waals surface area contributed by atoms with Crippen LogP contribution in [0.2, 0.25) is 10.0 Å². The molecule has 2 aromatic rings. The van der Waals surface area contributed by atoms with Gasteiger partial charge in [0.25, 0.3) is 0 Å². The molecular formula is C16H18Cl3N3O. The lowest BCUT2D eigenvalue weighted by atomic mass is 10.3. The molecule has 0 amide bonds. The average molecular weight is 375 g/mol. The molecule has 0 unspecified atom stereocenters. The van der Waals surface area contributed by atoms with E-state index in [0.29, 0.717) is 21.7 Å². The molecule has 0 heterocycles. The maximum Gasteiger partial charge on any atom is 0.305 e. The fourth-order valence-corrected chi connectivity index (χ4v) is 2.27. The Bertz CT molecular complexity index is 653. The number of quaternary nitrogens is 1. The van der Waals surface area contributed by atoms with Crippen molar-refractivity contribution in [2.45, 2.75) is 0 Å². The van der Waals surface area contributed by atoms with Crippen LogP contribution in [0.1, 0.15) is 0 Å². The maximum absolute atomic E-state index is 6.18. The van der Waals surface area contributed by atoms with Gasteiger partial charge in [-0.2, -0.15) is 4.99 Å². The second-order valence-electron chi connectivity index (χ2n) is 4.88. The average Bonchev–Trinajstić information content (AvgIpc) is 2.50. The first-order valence-electron chi connectivity index (χ1n) is 6.75. The third-order valence-corrected chi connectivity index (χ3v) is 3.60. The minimum atomic E-state index is 0. The molecule has 2 aromatic carbocycles. The van der Waals surface area contributed by atoms with Crippen molar-refractivity contribution in [1.29, 1.82) is 0 Å². The molecule has 124 valence electrons. The molecule has 4 nitrogen and oxygen atoms in total. The van der Waals surface area contributed by atoms with Crippen molar-refractivity contribution in [3.8, 4) is 5.75 Å². The third kappa shape index (κ3) is 5.29. The number of rotatable bonds is 3. The number of anilines is 1. The van der Waals surface area contributed by atoms with Gasteiger partial charge in [0, 0.05) is 5.69 Å². The minimum Gasteiger partial charge on any atom is -1.00 e. The Hall–Kier alpha value is -1.46. The number of halogens is 3. The summed E-state index contributed by atoms with van der Waals surface area (Å²) >= 11 is 12.4. The van der Waals surface area contributed by atoms with Gasteiger partial charge in [0.15, 0.2) is 0 Å². The Kier molecular flexibility index (Phi) is 7.65. The lowest BCUT2D eigenvalue weighted by Crippen LogP contribution is -3.09. The van der Waals surface area contributed by atoms with Gasteiger partial charge in [-0.1, -0.05) is 29.3 Å². The standard InChI is InChI=1S/C16H17Cl2N3O.ClH/c1-21(2)16(19-11-7-9-12(22-3)10-8-11)20-15-13(17)5-4-6-14(15)18;/h4-10H,1-3H3,(H,19,20);1H. The van der Waals surface area contributed by atoms with Crippen molar-refractivity contribution in [2.75, 3.05) is 26.5 Å².